The molecule has 1 unspecified atom stereocenters. The lowest BCUT2D eigenvalue weighted by Crippen LogP contribution is -2.48. The van der Waals surface area contributed by atoms with E-state index in [9.17, 15) is 4.79 Å². The molecule has 1 atom stereocenters. The van der Waals surface area contributed by atoms with Crippen LogP contribution in [0.25, 0.3) is 0 Å². The fourth-order valence-corrected chi connectivity index (χ4v) is 4.11. The molecule has 0 fully saturated rings. The van der Waals surface area contributed by atoms with Crippen LogP contribution in [-0.2, 0) is 10.2 Å². The lowest BCUT2D eigenvalue weighted by molar-refractivity contribution is -0.122. The van der Waals surface area contributed by atoms with Crippen LogP contribution in [0.2, 0.25) is 0 Å². The number of hydrogen-bond donors (Lipinski definition) is 1. The molecule has 2 heterocycles. The zero-order valence-electron chi connectivity index (χ0n) is 15.1. The maximum absolute atomic E-state index is 13.1. The van der Waals surface area contributed by atoms with E-state index in [4.69, 9.17) is 9.47 Å². The van der Waals surface area contributed by atoms with Crippen molar-refractivity contribution in [2.24, 2.45) is 0 Å². The molecule has 0 aliphatic carbocycles. The largest absolute Gasteiger partial charge is 0.491 e. The summed E-state index contributed by atoms with van der Waals surface area (Å²) in [5, 5.41) is 3.06. The van der Waals surface area contributed by atoms with E-state index in [1.165, 1.54) is 0 Å². The number of fused-ring (bicyclic) bond motifs is 4. The Bertz CT molecular complexity index is 856. The zero-order valence-corrected chi connectivity index (χ0v) is 15.1. The minimum atomic E-state index is -0.718. The monoisotopic (exact) mass is 337 g/mol. The number of carbonyl (C=O) groups is 1. The van der Waals surface area contributed by atoms with Crippen molar-refractivity contribution in [3.05, 3.63) is 53.6 Å². The minimum absolute atomic E-state index is 0.0175. The maximum atomic E-state index is 13.1. The highest BCUT2D eigenvalue weighted by molar-refractivity contribution is 6.09. The van der Waals surface area contributed by atoms with Gasteiger partial charge in [-0.3, -0.25) is 4.79 Å². The number of para-hydroxylation sites is 1. The average molecular weight is 337 g/mol. The number of anilines is 1. The molecule has 0 aromatic heterocycles. The molecule has 1 amide bonds. The summed E-state index contributed by atoms with van der Waals surface area (Å²) < 4.78 is 12.0. The molecule has 2 aliphatic rings. The van der Waals surface area contributed by atoms with Gasteiger partial charge in [0, 0.05) is 23.7 Å². The molecule has 4 heteroatoms. The van der Waals surface area contributed by atoms with E-state index in [0.717, 1.165) is 28.3 Å². The molecule has 130 valence electrons. The van der Waals surface area contributed by atoms with Gasteiger partial charge in [-0.1, -0.05) is 24.3 Å². The second-order valence-electron chi connectivity index (χ2n) is 7.77. The predicted molar refractivity (Wildman–Crippen MR) is 97.4 cm³/mol. The first-order valence-electron chi connectivity index (χ1n) is 8.73. The highest BCUT2D eigenvalue weighted by Gasteiger charge is 2.55. The van der Waals surface area contributed by atoms with E-state index in [1.54, 1.807) is 0 Å². The third-order valence-electron chi connectivity index (χ3n) is 4.88. The predicted octanol–water partition coefficient (Wildman–Crippen LogP) is 4.27. The number of hydrogen-bond acceptors (Lipinski definition) is 3. The molecule has 4 rings (SSSR count). The van der Waals surface area contributed by atoms with Gasteiger partial charge in [0.15, 0.2) is 0 Å². The second kappa shape index (κ2) is 5.25. The smallest absolute Gasteiger partial charge is 0.239 e. The summed E-state index contributed by atoms with van der Waals surface area (Å²) in [7, 11) is 0. The maximum Gasteiger partial charge on any atom is 0.239 e. The Balaban J connectivity index is 1.93. The van der Waals surface area contributed by atoms with Crippen molar-refractivity contribution in [3.63, 3.8) is 0 Å². The van der Waals surface area contributed by atoms with E-state index in [-0.39, 0.29) is 12.0 Å². The van der Waals surface area contributed by atoms with Gasteiger partial charge >= 0.3 is 0 Å². The van der Waals surface area contributed by atoms with Crippen LogP contribution in [0.15, 0.2) is 42.5 Å². The topological polar surface area (TPSA) is 47.6 Å². The van der Waals surface area contributed by atoms with E-state index < -0.39 is 11.0 Å². The highest BCUT2D eigenvalue weighted by atomic mass is 16.5. The first-order valence-corrected chi connectivity index (χ1v) is 8.73. The van der Waals surface area contributed by atoms with Crippen molar-refractivity contribution >= 4 is 11.6 Å². The summed E-state index contributed by atoms with van der Waals surface area (Å²) in [6.07, 6.45) is 0.680. The first-order chi connectivity index (χ1) is 11.8. The fraction of sp³-hybridized carbons (Fsp3) is 0.381. The normalized spacial score (nSPS) is 23.0. The average Bonchev–Trinajstić information content (AvgIpc) is 2.78. The highest BCUT2D eigenvalue weighted by Crippen LogP contribution is 2.54. The van der Waals surface area contributed by atoms with Crippen LogP contribution in [0, 0.1) is 0 Å². The van der Waals surface area contributed by atoms with Crippen molar-refractivity contribution in [2.75, 3.05) is 5.32 Å². The van der Waals surface area contributed by atoms with Gasteiger partial charge in [0.1, 0.15) is 22.5 Å². The van der Waals surface area contributed by atoms with Crippen molar-refractivity contribution < 1.29 is 14.3 Å². The Morgan fingerprint density at radius 3 is 2.64 bits per heavy atom. The molecule has 0 saturated carbocycles. The number of rotatable bonds is 2. The van der Waals surface area contributed by atoms with Gasteiger partial charge in [-0.25, -0.2) is 0 Å². The van der Waals surface area contributed by atoms with Crippen LogP contribution in [-0.4, -0.2) is 17.6 Å². The minimum Gasteiger partial charge on any atom is -0.491 e. The number of benzene rings is 2. The molecule has 1 N–H and O–H groups in total. The number of carbonyl (C=O) groups excluding carboxylic acids is 1. The van der Waals surface area contributed by atoms with E-state index in [0.29, 0.717) is 6.42 Å². The summed E-state index contributed by atoms with van der Waals surface area (Å²) in [4.78, 5) is 13.1. The van der Waals surface area contributed by atoms with Gasteiger partial charge in [0.25, 0.3) is 0 Å². The molecular weight excluding hydrogens is 314 g/mol. The number of amides is 1. The van der Waals surface area contributed by atoms with Gasteiger partial charge in [0.2, 0.25) is 5.91 Å². The van der Waals surface area contributed by atoms with E-state index >= 15 is 0 Å². The van der Waals surface area contributed by atoms with Gasteiger partial charge in [-0.05, 0) is 45.4 Å². The second-order valence-corrected chi connectivity index (χ2v) is 7.77. The summed E-state index contributed by atoms with van der Waals surface area (Å²) in [6.45, 7) is 8.04. The summed E-state index contributed by atoms with van der Waals surface area (Å²) in [5.74, 6) is 1.50. The van der Waals surface area contributed by atoms with Crippen LogP contribution < -0.4 is 14.8 Å². The van der Waals surface area contributed by atoms with Gasteiger partial charge in [-0.15, -0.1) is 0 Å². The Morgan fingerprint density at radius 2 is 1.88 bits per heavy atom. The Kier molecular flexibility index (Phi) is 3.36. The van der Waals surface area contributed by atoms with Crippen LogP contribution in [0.1, 0.15) is 45.2 Å². The summed E-state index contributed by atoms with van der Waals surface area (Å²) >= 11 is 0. The quantitative estimate of drug-likeness (QED) is 0.890. The lowest BCUT2D eigenvalue weighted by Gasteiger charge is -2.43. The Labute approximate surface area is 148 Å². The van der Waals surface area contributed by atoms with E-state index in [1.807, 2.05) is 70.2 Å². The van der Waals surface area contributed by atoms with Crippen LogP contribution >= 0.6 is 0 Å². The third-order valence-corrected chi connectivity index (χ3v) is 4.88. The summed E-state index contributed by atoms with van der Waals surface area (Å²) in [6, 6.07) is 13.7. The third kappa shape index (κ3) is 2.39. The van der Waals surface area contributed by atoms with Crippen LogP contribution in [0.4, 0.5) is 5.69 Å². The number of ether oxygens (including phenoxy) is 2. The first kappa shape index (κ1) is 16.0. The molecule has 2 aromatic carbocycles. The van der Waals surface area contributed by atoms with Crippen molar-refractivity contribution in [1.82, 2.24) is 0 Å². The van der Waals surface area contributed by atoms with Gasteiger partial charge in [-0.2, -0.15) is 0 Å². The molecule has 2 aromatic rings. The fourth-order valence-electron chi connectivity index (χ4n) is 4.11. The Morgan fingerprint density at radius 1 is 1.12 bits per heavy atom. The zero-order chi connectivity index (χ0) is 17.8. The molecule has 25 heavy (non-hydrogen) atoms. The van der Waals surface area contributed by atoms with Crippen LogP contribution in [0.5, 0.6) is 11.5 Å². The van der Waals surface area contributed by atoms with Gasteiger partial charge in [0.05, 0.1) is 6.10 Å². The van der Waals surface area contributed by atoms with Crippen LogP contribution in [0.3, 0.4) is 0 Å². The van der Waals surface area contributed by atoms with Crippen molar-refractivity contribution in [2.45, 2.75) is 51.2 Å². The molecule has 4 nitrogen and oxygen atoms in total. The van der Waals surface area contributed by atoms with E-state index in [2.05, 4.69) is 5.32 Å². The molecule has 0 saturated heterocycles. The summed E-state index contributed by atoms with van der Waals surface area (Å²) in [5.41, 5.74) is 1.64. The SMILES string of the molecule is CC(C)Oc1ccc2c(c1)OC(C)(C)CC21C(=O)Nc2ccccc21. The molecular formula is C21H23NO3. The Hall–Kier alpha value is -2.49. The van der Waals surface area contributed by atoms with Gasteiger partial charge < -0.3 is 14.8 Å². The standard InChI is InChI=1S/C21H23NO3/c1-13(2)24-14-9-10-16-18(11-14)25-20(3,4)12-21(16)15-7-5-6-8-17(15)22-19(21)23/h5-11,13H,12H2,1-4H3,(H,22,23). The number of nitrogens with one attached hydrogen (secondary N) is 1. The molecule has 0 radical (unpaired) electrons. The van der Waals surface area contributed by atoms with Crippen molar-refractivity contribution in [3.8, 4) is 11.5 Å². The van der Waals surface area contributed by atoms with Crippen molar-refractivity contribution in [1.29, 1.82) is 0 Å². The molecule has 1 spiro atoms. The lowest BCUT2D eigenvalue weighted by atomic mass is 9.67. The molecule has 0 bridgehead atoms. The molecule has 2 aliphatic heterocycles.